The van der Waals surface area contributed by atoms with Gasteiger partial charge in [-0.1, -0.05) is 6.07 Å². The number of rotatable bonds is 4. The third-order valence-electron chi connectivity index (χ3n) is 4.90. The van der Waals surface area contributed by atoms with Crippen LogP contribution < -0.4 is 10.2 Å². The summed E-state index contributed by atoms with van der Waals surface area (Å²) < 4.78 is 14.3. The number of piperazine rings is 1. The standard InChI is InChI=1S/C17H26FN3/c1-17(2)12-21(10-9-20(17)3)16-6-4-5-15(18)14(16)11-19-13-7-8-13/h4-6,13,19H,7-12H2,1-3H3. The van der Waals surface area contributed by atoms with Crippen molar-refractivity contribution >= 4 is 5.69 Å². The summed E-state index contributed by atoms with van der Waals surface area (Å²) in [6.45, 7) is 8.04. The molecule has 2 aliphatic rings. The minimum Gasteiger partial charge on any atom is -0.368 e. The van der Waals surface area contributed by atoms with Crippen LogP contribution in [0, 0.1) is 5.82 Å². The average Bonchev–Trinajstić information content (AvgIpc) is 3.24. The molecule has 116 valence electrons. The molecule has 0 aromatic heterocycles. The lowest BCUT2D eigenvalue weighted by Crippen LogP contribution is -2.58. The van der Waals surface area contributed by atoms with Crippen LogP contribution in [0.1, 0.15) is 32.3 Å². The van der Waals surface area contributed by atoms with Gasteiger partial charge in [-0.25, -0.2) is 4.39 Å². The number of halogens is 1. The summed E-state index contributed by atoms with van der Waals surface area (Å²) in [4.78, 5) is 4.72. The lowest BCUT2D eigenvalue weighted by Gasteiger charge is -2.46. The summed E-state index contributed by atoms with van der Waals surface area (Å²) in [5.74, 6) is -0.0858. The van der Waals surface area contributed by atoms with Gasteiger partial charge in [0.1, 0.15) is 5.82 Å². The first-order chi connectivity index (χ1) is 9.97. The Labute approximate surface area is 127 Å². The van der Waals surface area contributed by atoms with E-state index < -0.39 is 0 Å². The molecular formula is C17H26FN3. The van der Waals surface area contributed by atoms with Gasteiger partial charge in [-0.15, -0.1) is 0 Å². The second kappa shape index (κ2) is 5.58. The van der Waals surface area contributed by atoms with Crippen LogP contribution >= 0.6 is 0 Å². The Balaban J connectivity index is 1.81. The first kappa shape index (κ1) is 14.8. The number of benzene rings is 1. The summed E-state index contributed by atoms with van der Waals surface area (Å²) in [5, 5.41) is 3.45. The van der Waals surface area contributed by atoms with E-state index in [0.717, 1.165) is 30.9 Å². The van der Waals surface area contributed by atoms with Gasteiger partial charge in [0.05, 0.1) is 0 Å². The number of hydrogen-bond donors (Lipinski definition) is 1. The maximum atomic E-state index is 14.3. The number of anilines is 1. The Bertz CT molecular complexity index is 511. The van der Waals surface area contributed by atoms with E-state index in [-0.39, 0.29) is 11.4 Å². The SMILES string of the molecule is CN1CCN(c2cccc(F)c2CNC2CC2)CC1(C)C. The Morgan fingerprint density at radius 1 is 1.29 bits per heavy atom. The van der Waals surface area contributed by atoms with Crippen molar-refractivity contribution in [1.82, 2.24) is 10.2 Å². The molecule has 0 spiro atoms. The zero-order valence-electron chi connectivity index (χ0n) is 13.3. The second-order valence-corrected chi connectivity index (χ2v) is 7.05. The number of likely N-dealkylation sites (N-methyl/N-ethyl adjacent to an activating group) is 1. The van der Waals surface area contributed by atoms with Crippen molar-refractivity contribution in [2.75, 3.05) is 31.6 Å². The molecule has 0 amide bonds. The van der Waals surface area contributed by atoms with E-state index in [9.17, 15) is 4.39 Å². The van der Waals surface area contributed by atoms with Crippen LogP contribution in [0.2, 0.25) is 0 Å². The molecule has 3 rings (SSSR count). The molecule has 1 aliphatic carbocycles. The molecule has 0 unspecified atom stereocenters. The van der Waals surface area contributed by atoms with Crippen molar-refractivity contribution in [3.63, 3.8) is 0 Å². The molecule has 1 aromatic rings. The van der Waals surface area contributed by atoms with E-state index in [2.05, 4.69) is 42.1 Å². The van der Waals surface area contributed by atoms with E-state index in [1.165, 1.54) is 12.8 Å². The molecule has 1 heterocycles. The van der Waals surface area contributed by atoms with Crippen LogP contribution in [0.25, 0.3) is 0 Å². The van der Waals surface area contributed by atoms with Crippen LogP contribution in [0.5, 0.6) is 0 Å². The van der Waals surface area contributed by atoms with Crippen LogP contribution in [-0.2, 0) is 6.54 Å². The van der Waals surface area contributed by atoms with Gasteiger partial charge in [-0.3, -0.25) is 4.90 Å². The maximum absolute atomic E-state index is 14.3. The van der Waals surface area contributed by atoms with E-state index in [0.29, 0.717) is 12.6 Å². The van der Waals surface area contributed by atoms with Gasteiger partial charge in [-0.05, 0) is 45.9 Å². The molecule has 0 bridgehead atoms. The highest BCUT2D eigenvalue weighted by molar-refractivity contribution is 5.55. The fourth-order valence-corrected chi connectivity index (χ4v) is 3.00. The van der Waals surface area contributed by atoms with Crippen LogP contribution in [0.3, 0.4) is 0 Å². The number of nitrogens with one attached hydrogen (secondary N) is 1. The van der Waals surface area contributed by atoms with E-state index in [1.807, 2.05) is 6.07 Å². The molecule has 1 N–H and O–H groups in total. The first-order valence-corrected chi connectivity index (χ1v) is 7.94. The van der Waals surface area contributed by atoms with Gasteiger partial charge in [-0.2, -0.15) is 0 Å². The molecule has 21 heavy (non-hydrogen) atoms. The molecule has 1 saturated heterocycles. The fraction of sp³-hybridized carbons (Fsp3) is 0.647. The highest BCUT2D eigenvalue weighted by Crippen LogP contribution is 2.29. The molecule has 4 heteroatoms. The van der Waals surface area contributed by atoms with Crippen LogP contribution in [0.15, 0.2) is 18.2 Å². The van der Waals surface area contributed by atoms with Crippen molar-refractivity contribution in [3.05, 3.63) is 29.6 Å². The lowest BCUT2D eigenvalue weighted by atomic mass is 9.98. The minimum atomic E-state index is -0.0858. The predicted octanol–water partition coefficient (Wildman–Crippen LogP) is 2.61. The lowest BCUT2D eigenvalue weighted by molar-refractivity contribution is 0.138. The van der Waals surface area contributed by atoms with Crippen molar-refractivity contribution < 1.29 is 4.39 Å². The zero-order chi connectivity index (χ0) is 15.0. The normalized spacial score (nSPS) is 22.6. The molecular weight excluding hydrogens is 265 g/mol. The molecule has 2 fully saturated rings. The smallest absolute Gasteiger partial charge is 0.129 e. The predicted molar refractivity (Wildman–Crippen MR) is 85.2 cm³/mol. The Hall–Kier alpha value is -1.13. The topological polar surface area (TPSA) is 18.5 Å². The highest BCUT2D eigenvalue weighted by Gasteiger charge is 2.32. The molecule has 1 aromatic carbocycles. The quantitative estimate of drug-likeness (QED) is 0.920. The third-order valence-corrected chi connectivity index (χ3v) is 4.90. The van der Waals surface area contributed by atoms with Crippen molar-refractivity contribution in [2.24, 2.45) is 0 Å². The largest absolute Gasteiger partial charge is 0.368 e. The molecule has 0 radical (unpaired) electrons. The number of nitrogens with zero attached hydrogens (tertiary/aromatic N) is 2. The average molecular weight is 291 g/mol. The highest BCUT2D eigenvalue weighted by atomic mass is 19.1. The Morgan fingerprint density at radius 3 is 2.71 bits per heavy atom. The van der Waals surface area contributed by atoms with E-state index >= 15 is 0 Å². The first-order valence-electron chi connectivity index (χ1n) is 7.94. The Morgan fingerprint density at radius 2 is 2.05 bits per heavy atom. The summed E-state index contributed by atoms with van der Waals surface area (Å²) in [6, 6.07) is 6.07. The van der Waals surface area contributed by atoms with Gasteiger partial charge in [0, 0.05) is 49.0 Å². The molecule has 1 aliphatic heterocycles. The van der Waals surface area contributed by atoms with Gasteiger partial charge >= 0.3 is 0 Å². The van der Waals surface area contributed by atoms with Crippen LogP contribution in [0.4, 0.5) is 10.1 Å². The summed E-state index contributed by atoms with van der Waals surface area (Å²) >= 11 is 0. The third kappa shape index (κ3) is 3.22. The fourth-order valence-electron chi connectivity index (χ4n) is 3.00. The molecule has 3 nitrogen and oxygen atoms in total. The van der Waals surface area contributed by atoms with Crippen molar-refractivity contribution in [3.8, 4) is 0 Å². The van der Waals surface area contributed by atoms with Gasteiger partial charge < -0.3 is 10.2 Å². The second-order valence-electron chi connectivity index (χ2n) is 7.05. The summed E-state index contributed by atoms with van der Waals surface area (Å²) in [5.41, 5.74) is 2.00. The molecule has 0 atom stereocenters. The zero-order valence-corrected chi connectivity index (χ0v) is 13.3. The van der Waals surface area contributed by atoms with Crippen molar-refractivity contribution in [1.29, 1.82) is 0 Å². The maximum Gasteiger partial charge on any atom is 0.129 e. The monoisotopic (exact) mass is 291 g/mol. The molecule has 1 saturated carbocycles. The summed E-state index contributed by atoms with van der Waals surface area (Å²) in [7, 11) is 2.17. The van der Waals surface area contributed by atoms with Crippen molar-refractivity contribution in [2.45, 2.75) is 44.8 Å². The summed E-state index contributed by atoms with van der Waals surface area (Å²) in [6.07, 6.45) is 2.46. The van der Waals surface area contributed by atoms with Gasteiger partial charge in [0.15, 0.2) is 0 Å². The Kier molecular flexibility index (Phi) is 3.93. The van der Waals surface area contributed by atoms with Gasteiger partial charge in [0.25, 0.3) is 0 Å². The van der Waals surface area contributed by atoms with E-state index in [1.54, 1.807) is 6.07 Å². The minimum absolute atomic E-state index is 0.0858. The number of hydrogen-bond acceptors (Lipinski definition) is 3. The van der Waals surface area contributed by atoms with E-state index in [4.69, 9.17) is 0 Å². The van der Waals surface area contributed by atoms with Crippen LogP contribution in [-0.4, -0.2) is 43.2 Å². The van der Waals surface area contributed by atoms with Gasteiger partial charge in [0.2, 0.25) is 0 Å².